The van der Waals surface area contributed by atoms with E-state index in [1.165, 1.54) is 5.56 Å². The molecule has 0 fully saturated rings. The molecule has 0 amide bonds. The summed E-state index contributed by atoms with van der Waals surface area (Å²) in [7, 11) is 0. The first kappa shape index (κ1) is 12.0. The SMILES string of the molecule is CC(C)(N)CSCc1cncc(Br)c1. The van der Waals surface area contributed by atoms with Crippen molar-refractivity contribution in [2.24, 2.45) is 5.73 Å². The maximum absolute atomic E-state index is 5.88. The van der Waals surface area contributed by atoms with Crippen LogP contribution in [0.4, 0.5) is 0 Å². The molecule has 0 aliphatic rings. The van der Waals surface area contributed by atoms with Gasteiger partial charge >= 0.3 is 0 Å². The average Bonchev–Trinajstić information content (AvgIpc) is 2.01. The molecule has 2 N–H and O–H groups in total. The maximum Gasteiger partial charge on any atom is 0.0410 e. The molecule has 0 spiro atoms. The number of rotatable bonds is 4. The van der Waals surface area contributed by atoms with Crippen molar-refractivity contribution in [1.29, 1.82) is 0 Å². The Bertz CT molecular complexity index is 296. The van der Waals surface area contributed by atoms with Crippen LogP contribution in [0.15, 0.2) is 22.9 Å². The number of aromatic nitrogens is 1. The second-order valence-electron chi connectivity index (χ2n) is 3.99. The number of thioether (sulfide) groups is 1. The lowest BCUT2D eigenvalue weighted by atomic mass is 10.1. The van der Waals surface area contributed by atoms with Crippen LogP contribution < -0.4 is 5.73 Å². The van der Waals surface area contributed by atoms with Gasteiger partial charge in [-0.3, -0.25) is 4.98 Å². The Hall–Kier alpha value is -0.0600. The van der Waals surface area contributed by atoms with Gasteiger partial charge in [0.25, 0.3) is 0 Å². The van der Waals surface area contributed by atoms with Crippen LogP contribution >= 0.6 is 27.7 Å². The first-order valence-electron chi connectivity index (χ1n) is 4.43. The maximum atomic E-state index is 5.88. The lowest BCUT2D eigenvalue weighted by Crippen LogP contribution is -2.34. The van der Waals surface area contributed by atoms with E-state index < -0.39 is 0 Å². The lowest BCUT2D eigenvalue weighted by Gasteiger charge is -2.17. The summed E-state index contributed by atoms with van der Waals surface area (Å²) in [5.74, 6) is 1.92. The smallest absolute Gasteiger partial charge is 0.0410 e. The summed E-state index contributed by atoms with van der Waals surface area (Å²) in [6, 6.07) is 2.09. The van der Waals surface area contributed by atoms with Crippen LogP contribution in [0.3, 0.4) is 0 Å². The predicted octanol–water partition coefficient (Wildman–Crippen LogP) is 2.81. The summed E-state index contributed by atoms with van der Waals surface area (Å²) < 4.78 is 1.03. The predicted molar refractivity (Wildman–Crippen MR) is 66.4 cm³/mol. The van der Waals surface area contributed by atoms with E-state index in [9.17, 15) is 0 Å². The van der Waals surface area contributed by atoms with Crippen LogP contribution in [0.25, 0.3) is 0 Å². The Morgan fingerprint density at radius 1 is 1.50 bits per heavy atom. The topological polar surface area (TPSA) is 38.9 Å². The van der Waals surface area contributed by atoms with E-state index in [1.54, 1.807) is 6.20 Å². The van der Waals surface area contributed by atoms with Crippen LogP contribution in [0.5, 0.6) is 0 Å². The van der Waals surface area contributed by atoms with Crippen molar-refractivity contribution in [3.63, 3.8) is 0 Å². The van der Waals surface area contributed by atoms with E-state index >= 15 is 0 Å². The summed E-state index contributed by atoms with van der Waals surface area (Å²) in [6.07, 6.45) is 3.68. The van der Waals surface area contributed by atoms with E-state index in [0.29, 0.717) is 0 Å². The molecule has 1 aromatic heterocycles. The van der Waals surface area contributed by atoms with Gasteiger partial charge in [-0.1, -0.05) is 0 Å². The van der Waals surface area contributed by atoms with Crippen LogP contribution in [0, 0.1) is 0 Å². The first-order valence-corrected chi connectivity index (χ1v) is 6.38. The monoisotopic (exact) mass is 274 g/mol. The molecule has 78 valence electrons. The summed E-state index contributed by atoms with van der Waals surface area (Å²) in [6.45, 7) is 4.08. The van der Waals surface area contributed by atoms with Gasteiger partial charge in [-0.05, 0) is 41.4 Å². The number of hydrogen-bond acceptors (Lipinski definition) is 3. The average molecular weight is 275 g/mol. The van der Waals surface area contributed by atoms with E-state index in [-0.39, 0.29) is 5.54 Å². The van der Waals surface area contributed by atoms with E-state index in [1.807, 2.05) is 31.8 Å². The molecule has 1 heterocycles. The Morgan fingerprint density at radius 3 is 2.79 bits per heavy atom. The van der Waals surface area contributed by atoms with Crippen molar-refractivity contribution in [2.75, 3.05) is 5.75 Å². The largest absolute Gasteiger partial charge is 0.325 e. The van der Waals surface area contributed by atoms with Crippen molar-refractivity contribution < 1.29 is 0 Å². The fourth-order valence-electron chi connectivity index (χ4n) is 0.967. The van der Waals surface area contributed by atoms with E-state index in [0.717, 1.165) is 16.0 Å². The molecule has 0 radical (unpaired) electrons. The molecule has 4 heteroatoms. The van der Waals surface area contributed by atoms with Gasteiger partial charge in [0.2, 0.25) is 0 Å². The third-order valence-corrected chi connectivity index (χ3v) is 3.42. The number of pyridine rings is 1. The Labute approximate surface area is 97.8 Å². The zero-order chi connectivity index (χ0) is 10.6. The Kier molecular flexibility index (Phi) is 4.41. The van der Waals surface area contributed by atoms with Crippen molar-refractivity contribution in [1.82, 2.24) is 4.98 Å². The van der Waals surface area contributed by atoms with Gasteiger partial charge in [0.15, 0.2) is 0 Å². The fraction of sp³-hybridized carbons (Fsp3) is 0.500. The highest BCUT2D eigenvalue weighted by molar-refractivity contribution is 9.10. The molecule has 1 rings (SSSR count). The zero-order valence-corrected chi connectivity index (χ0v) is 10.9. The highest BCUT2D eigenvalue weighted by atomic mass is 79.9. The van der Waals surface area contributed by atoms with Crippen molar-refractivity contribution >= 4 is 27.7 Å². The molecule has 0 bridgehead atoms. The normalized spacial score (nSPS) is 11.7. The minimum Gasteiger partial charge on any atom is -0.325 e. The van der Waals surface area contributed by atoms with Gasteiger partial charge in [-0.25, -0.2) is 0 Å². The second kappa shape index (κ2) is 5.14. The summed E-state index contributed by atoms with van der Waals surface area (Å²) in [5.41, 5.74) is 7.02. The second-order valence-corrected chi connectivity index (χ2v) is 5.89. The standard InChI is InChI=1S/C10H15BrN2S/c1-10(2,12)7-14-6-8-3-9(11)5-13-4-8/h3-5H,6-7,12H2,1-2H3. The van der Waals surface area contributed by atoms with Crippen LogP contribution in [-0.4, -0.2) is 16.3 Å². The molecule has 0 saturated heterocycles. The molecule has 0 aliphatic heterocycles. The molecule has 14 heavy (non-hydrogen) atoms. The number of halogens is 1. The molecular weight excluding hydrogens is 260 g/mol. The van der Waals surface area contributed by atoms with Gasteiger partial charge in [0.05, 0.1) is 0 Å². The highest BCUT2D eigenvalue weighted by Gasteiger charge is 2.09. The number of hydrogen-bond donors (Lipinski definition) is 1. The van der Waals surface area contributed by atoms with Gasteiger partial charge in [-0.15, -0.1) is 0 Å². The minimum absolute atomic E-state index is 0.0931. The van der Waals surface area contributed by atoms with Crippen molar-refractivity contribution in [3.05, 3.63) is 28.5 Å². The third kappa shape index (κ3) is 4.98. The summed E-state index contributed by atoms with van der Waals surface area (Å²) in [5, 5.41) is 0. The van der Waals surface area contributed by atoms with Gasteiger partial charge in [0.1, 0.15) is 0 Å². The van der Waals surface area contributed by atoms with E-state index in [2.05, 4.69) is 27.0 Å². The molecule has 0 unspecified atom stereocenters. The van der Waals surface area contributed by atoms with Crippen LogP contribution in [-0.2, 0) is 5.75 Å². The van der Waals surface area contributed by atoms with Gasteiger partial charge in [0, 0.05) is 33.9 Å². The first-order chi connectivity index (χ1) is 6.47. The molecule has 0 aliphatic carbocycles. The third-order valence-electron chi connectivity index (χ3n) is 1.50. The van der Waals surface area contributed by atoms with Crippen molar-refractivity contribution in [3.8, 4) is 0 Å². The van der Waals surface area contributed by atoms with Gasteiger partial charge < -0.3 is 5.73 Å². The van der Waals surface area contributed by atoms with Crippen molar-refractivity contribution in [2.45, 2.75) is 25.1 Å². The van der Waals surface area contributed by atoms with Gasteiger partial charge in [-0.2, -0.15) is 11.8 Å². The number of nitrogens with zero attached hydrogens (tertiary/aromatic N) is 1. The molecule has 0 atom stereocenters. The summed E-state index contributed by atoms with van der Waals surface area (Å²) in [4.78, 5) is 4.11. The minimum atomic E-state index is -0.0931. The number of nitrogens with two attached hydrogens (primary N) is 1. The molecule has 0 saturated carbocycles. The molecular formula is C10H15BrN2S. The van der Waals surface area contributed by atoms with E-state index in [4.69, 9.17) is 5.73 Å². The lowest BCUT2D eigenvalue weighted by molar-refractivity contribution is 0.591. The quantitative estimate of drug-likeness (QED) is 0.918. The summed E-state index contributed by atoms with van der Waals surface area (Å²) >= 11 is 5.23. The zero-order valence-electron chi connectivity index (χ0n) is 8.46. The van der Waals surface area contributed by atoms with Crippen LogP contribution in [0.1, 0.15) is 19.4 Å². The Morgan fingerprint density at radius 2 is 2.21 bits per heavy atom. The fourth-order valence-corrected chi connectivity index (χ4v) is 2.40. The molecule has 2 nitrogen and oxygen atoms in total. The Balaban J connectivity index is 2.39. The van der Waals surface area contributed by atoms with Crippen LogP contribution in [0.2, 0.25) is 0 Å². The highest BCUT2D eigenvalue weighted by Crippen LogP contribution is 2.18. The molecule has 0 aromatic carbocycles. The molecule has 1 aromatic rings.